The summed E-state index contributed by atoms with van der Waals surface area (Å²) < 4.78 is 0. The first-order valence-electron chi connectivity index (χ1n) is 6.00. The number of carbonyl (C=O) groups is 1. The van der Waals surface area contributed by atoms with Crippen LogP contribution in [0.15, 0.2) is 18.2 Å². The summed E-state index contributed by atoms with van der Waals surface area (Å²) in [5.41, 5.74) is 8.31. The lowest BCUT2D eigenvalue weighted by atomic mass is 10.0. The number of hydrogen-bond acceptors (Lipinski definition) is 3. The Labute approximate surface area is 130 Å². The van der Waals surface area contributed by atoms with Crippen LogP contribution in [-0.4, -0.2) is 21.9 Å². The SMILES string of the molecule is Cc1nc2ccc(NC(=O)[C@H](N)C(C)C)cc2[nH]1.Cl.Cl. The average Bonchev–Trinajstić information content (AvgIpc) is 2.67. The molecule has 1 aromatic heterocycles. The van der Waals surface area contributed by atoms with Crippen molar-refractivity contribution in [2.45, 2.75) is 26.8 Å². The Hall–Kier alpha value is -1.30. The second kappa shape index (κ2) is 7.47. The molecule has 0 fully saturated rings. The van der Waals surface area contributed by atoms with Gasteiger partial charge in [0.2, 0.25) is 5.91 Å². The zero-order valence-corrected chi connectivity index (χ0v) is 13.3. The number of rotatable bonds is 3. The van der Waals surface area contributed by atoms with E-state index in [0.29, 0.717) is 0 Å². The lowest BCUT2D eigenvalue weighted by Crippen LogP contribution is -2.39. The van der Waals surface area contributed by atoms with Crippen LogP contribution >= 0.6 is 24.8 Å². The van der Waals surface area contributed by atoms with Gasteiger partial charge in [0.1, 0.15) is 5.82 Å². The molecule has 0 aliphatic carbocycles. The summed E-state index contributed by atoms with van der Waals surface area (Å²) in [5.74, 6) is 0.802. The first-order valence-corrected chi connectivity index (χ1v) is 6.00. The Morgan fingerprint density at radius 2 is 2.00 bits per heavy atom. The van der Waals surface area contributed by atoms with E-state index in [1.807, 2.05) is 39.0 Å². The average molecular weight is 319 g/mol. The minimum absolute atomic E-state index is 0. The van der Waals surface area contributed by atoms with Crippen molar-refractivity contribution in [1.29, 1.82) is 0 Å². The van der Waals surface area contributed by atoms with Gasteiger partial charge in [-0.3, -0.25) is 4.79 Å². The number of nitrogens with zero attached hydrogens (tertiary/aromatic N) is 1. The Bertz CT molecular complexity index is 583. The summed E-state index contributed by atoms with van der Waals surface area (Å²) in [6.07, 6.45) is 0. The molecule has 4 N–H and O–H groups in total. The van der Waals surface area contributed by atoms with Crippen molar-refractivity contribution in [3.63, 3.8) is 0 Å². The van der Waals surface area contributed by atoms with E-state index in [1.54, 1.807) is 0 Å². The van der Waals surface area contributed by atoms with E-state index in [4.69, 9.17) is 5.73 Å². The van der Waals surface area contributed by atoms with Crippen LogP contribution < -0.4 is 11.1 Å². The van der Waals surface area contributed by atoms with Crippen molar-refractivity contribution in [2.75, 3.05) is 5.32 Å². The van der Waals surface area contributed by atoms with Gasteiger partial charge in [0.25, 0.3) is 0 Å². The van der Waals surface area contributed by atoms with E-state index < -0.39 is 6.04 Å². The second-order valence-corrected chi connectivity index (χ2v) is 4.81. The number of aromatic nitrogens is 2. The molecule has 0 radical (unpaired) electrons. The van der Waals surface area contributed by atoms with Gasteiger partial charge in [-0.05, 0) is 31.0 Å². The molecule has 2 aromatic rings. The van der Waals surface area contributed by atoms with Gasteiger partial charge < -0.3 is 16.0 Å². The van der Waals surface area contributed by atoms with Gasteiger partial charge in [-0.25, -0.2) is 4.98 Å². The largest absolute Gasteiger partial charge is 0.342 e. The summed E-state index contributed by atoms with van der Waals surface area (Å²) in [4.78, 5) is 19.3. The summed E-state index contributed by atoms with van der Waals surface area (Å²) in [6, 6.07) is 5.06. The fraction of sp³-hybridized carbons (Fsp3) is 0.385. The maximum Gasteiger partial charge on any atom is 0.241 e. The zero-order valence-electron chi connectivity index (χ0n) is 11.6. The number of fused-ring (bicyclic) bond motifs is 1. The number of amides is 1. The Morgan fingerprint density at radius 1 is 1.35 bits per heavy atom. The third-order valence-corrected chi connectivity index (χ3v) is 2.89. The van der Waals surface area contributed by atoms with Crippen LogP contribution in [0.5, 0.6) is 0 Å². The summed E-state index contributed by atoms with van der Waals surface area (Å²) in [5, 5.41) is 2.81. The molecule has 0 spiro atoms. The molecule has 20 heavy (non-hydrogen) atoms. The highest BCUT2D eigenvalue weighted by molar-refractivity contribution is 5.96. The van der Waals surface area contributed by atoms with Gasteiger partial charge in [0.05, 0.1) is 17.1 Å². The number of carbonyl (C=O) groups excluding carboxylic acids is 1. The quantitative estimate of drug-likeness (QED) is 0.813. The smallest absolute Gasteiger partial charge is 0.241 e. The van der Waals surface area contributed by atoms with E-state index in [2.05, 4.69) is 15.3 Å². The Kier molecular flexibility index (Phi) is 6.99. The van der Waals surface area contributed by atoms with Gasteiger partial charge in [0.15, 0.2) is 0 Å². The van der Waals surface area contributed by atoms with E-state index >= 15 is 0 Å². The van der Waals surface area contributed by atoms with Crippen molar-refractivity contribution in [3.8, 4) is 0 Å². The van der Waals surface area contributed by atoms with Gasteiger partial charge in [-0.15, -0.1) is 24.8 Å². The molecule has 2 rings (SSSR count). The number of nitrogens with two attached hydrogens (primary N) is 1. The van der Waals surface area contributed by atoms with E-state index in [1.165, 1.54) is 0 Å². The number of aromatic amines is 1. The standard InChI is InChI=1S/C13H18N4O.2ClH/c1-7(2)12(14)13(18)17-9-4-5-10-11(6-9)16-8(3)15-10;;/h4-7,12H,14H2,1-3H3,(H,15,16)(H,17,18);2*1H/t12-;;/m1../s1. The first kappa shape index (κ1) is 18.7. The van der Waals surface area contributed by atoms with Crippen LogP contribution in [0, 0.1) is 12.8 Å². The fourth-order valence-corrected chi connectivity index (χ4v) is 1.74. The molecule has 1 heterocycles. The van der Waals surface area contributed by atoms with Crippen molar-refractivity contribution < 1.29 is 4.79 Å². The van der Waals surface area contributed by atoms with Crippen LogP contribution in [-0.2, 0) is 4.79 Å². The highest BCUT2D eigenvalue weighted by atomic mass is 35.5. The number of aryl methyl sites for hydroxylation is 1. The van der Waals surface area contributed by atoms with Crippen molar-refractivity contribution in [1.82, 2.24) is 9.97 Å². The van der Waals surface area contributed by atoms with E-state index in [-0.39, 0.29) is 36.6 Å². The molecular weight excluding hydrogens is 299 g/mol. The molecule has 0 saturated heterocycles. The zero-order chi connectivity index (χ0) is 13.3. The molecule has 7 heteroatoms. The molecule has 0 aliphatic rings. The predicted molar refractivity (Wildman–Crippen MR) is 86.8 cm³/mol. The summed E-state index contributed by atoms with van der Waals surface area (Å²) >= 11 is 0. The molecule has 1 aromatic carbocycles. The number of hydrogen-bond donors (Lipinski definition) is 3. The second-order valence-electron chi connectivity index (χ2n) is 4.81. The van der Waals surface area contributed by atoms with Crippen LogP contribution in [0.2, 0.25) is 0 Å². The molecule has 5 nitrogen and oxygen atoms in total. The number of halogens is 2. The van der Waals surface area contributed by atoms with Gasteiger partial charge >= 0.3 is 0 Å². The van der Waals surface area contributed by atoms with E-state index in [0.717, 1.165) is 22.5 Å². The molecule has 1 amide bonds. The first-order chi connectivity index (χ1) is 8.47. The normalized spacial score (nSPS) is 11.7. The van der Waals surface area contributed by atoms with Crippen molar-refractivity contribution in [2.24, 2.45) is 11.7 Å². The molecule has 0 bridgehead atoms. The third kappa shape index (κ3) is 4.10. The maximum atomic E-state index is 11.8. The monoisotopic (exact) mass is 318 g/mol. The van der Waals surface area contributed by atoms with E-state index in [9.17, 15) is 4.79 Å². The highest BCUT2D eigenvalue weighted by Crippen LogP contribution is 2.17. The number of anilines is 1. The Balaban J connectivity index is 0.00000180. The van der Waals surface area contributed by atoms with Crippen LogP contribution in [0.3, 0.4) is 0 Å². The lowest BCUT2D eigenvalue weighted by Gasteiger charge is -2.15. The minimum atomic E-state index is -0.496. The molecule has 0 saturated carbocycles. The number of imidazole rings is 1. The molecule has 0 aliphatic heterocycles. The number of benzene rings is 1. The Morgan fingerprint density at radius 3 is 2.60 bits per heavy atom. The maximum absolute atomic E-state index is 11.8. The molecular formula is C13H20Cl2N4O. The van der Waals surface area contributed by atoms with Crippen LogP contribution in [0.4, 0.5) is 5.69 Å². The van der Waals surface area contributed by atoms with Gasteiger partial charge in [0, 0.05) is 5.69 Å². The number of nitrogens with one attached hydrogen (secondary N) is 2. The lowest BCUT2D eigenvalue weighted by molar-refractivity contribution is -0.118. The summed E-state index contributed by atoms with van der Waals surface area (Å²) in [7, 11) is 0. The fourth-order valence-electron chi connectivity index (χ4n) is 1.74. The van der Waals surface area contributed by atoms with Gasteiger partial charge in [-0.1, -0.05) is 13.8 Å². The highest BCUT2D eigenvalue weighted by Gasteiger charge is 2.17. The van der Waals surface area contributed by atoms with Gasteiger partial charge in [-0.2, -0.15) is 0 Å². The topological polar surface area (TPSA) is 83.8 Å². The minimum Gasteiger partial charge on any atom is -0.342 e. The summed E-state index contributed by atoms with van der Waals surface area (Å²) in [6.45, 7) is 5.74. The number of H-pyrrole nitrogens is 1. The van der Waals surface area contributed by atoms with Crippen LogP contribution in [0.1, 0.15) is 19.7 Å². The van der Waals surface area contributed by atoms with Crippen molar-refractivity contribution >= 4 is 47.4 Å². The predicted octanol–water partition coefficient (Wildman–Crippen LogP) is 2.64. The molecule has 1 atom stereocenters. The molecule has 112 valence electrons. The van der Waals surface area contributed by atoms with Crippen molar-refractivity contribution in [3.05, 3.63) is 24.0 Å². The third-order valence-electron chi connectivity index (χ3n) is 2.89. The van der Waals surface area contributed by atoms with Crippen LogP contribution in [0.25, 0.3) is 11.0 Å². The molecule has 0 unspecified atom stereocenters.